The van der Waals surface area contributed by atoms with Crippen LogP contribution < -0.4 is 5.32 Å². The van der Waals surface area contributed by atoms with Gasteiger partial charge in [0.05, 0.1) is 5.54 Å². The number of halogens is 1. The lowest BCUT2D eigenvalue weighted by molar-refractivity contribution is 0.0952. The molecule has 0 bridgehead atoms. The van der Waals surface area contributed by atoms with Crippen molar-refractivity contribution in [1.29, 1.82) is 0 Å². The fourth-order valence-electron chi connectivity index (χ4n) is 1.79. The molecule has 94 valence electrons. The molecular weight excluding hydrogens is 339 g/mol. The van der Waals surface area contributed by atoms with E-state index in [1.54, 1.807) is 6.21 Å². The third kappa shape index (κ3) is 3.41. The Labute approximate surface area is 121 Å². The van der Waals surface area contributed by atoms with Crippen LogP contribution in [-0.4, -0.2) is 24.2 Å². The number of carbonyl (C=O) groups excluding carboxylic acids is 1. The van der Waals surface area contributed by atoms with Crippen molar-refractivity contribution in [3.8, 4) is 0 Å². The van der Waals surface area contributed by atoms with Gasteiger partial charge in [0.25, 0.3) is 5.91 Å². The van der Waals surface area contributed by atoms with Crippen molar-refractivity contribution < 1.29 is 4.79 Å². The summed E-state index contributed by atoms with van der Waals surface area (Å²) in [6, 6.07) is 7.54. The van der Waals surface area contributed by atoms with Crippen molar-refractivity contribution in [2.24, 2.45) is 4.99 Å². The van der Waals surface area contributed by atoms with Crippen LogP contribution in [0, 0.1) is 3.57 Å². The Hall–Kier alpha value is -1.17. The highest BCUT2D eigenvalue weighted by Crippen LogP contribution is 2.19. The van der Waals surface area contributed by atoms with Crippen molar-refractivity contribution in [2.75, 3.05) is 6.54 Å². The van der Waals surface area contributed by atoms with E-state index in [1.807, 2.05) is 30.3 Å². The third-order valence-electron chi connectivity index (χ3n) is 2.93. The number of nitrogens with zero attached hydrogens (tertiary/aromatic N) is 1. The minimum Gasteiger partial charge on any atom is -0.352 e. The van der Waals surface area contributed by atoms with E-state index >= 15 is 0 Å². The summed E-state index contributed by atoms with van der Waals surface area (Å²) in [6.45, 7) is 2.69. The number of rotatable bonds is 4. The minimum atomic E-state index is -0.153. The summed E-state index contributed by atoms with van der Waals surface area (Å²) >= 11 is 2.22. The standard InChI is InChI=1S/C14H15IN2O/c1-14(7-2-9-17-14)8-10-16-13(18)11-3-5-12(15)6-4-11/h2-7,9H,8,10H2,1H3,(H,16,18). The molecule has 1 aromatic carbocycles. The van der Waals surface area contributed by atoms with Crippen LogP contribution in [-0.2, 0) is 0 Å². The number of nitrogens with one attached hydrogen (secondary N) is 1. The topological polar surface area (TPSA) is 41.5 Å². The molecule has 0 aliphatic carbocycles. The average Bonchev–Trinajstić information content (AvgIpc) is 2.77. The largest absolute Gasteiger partial charge is 0.352 e. The van der Waals surface area contributed by atoms with Crippen LogP contribution >= 0.6 is 22.6 Å². The third-order valence-corrected chi connectivity index (χ3v) is 3.65. The first-order valence-corrected chi connectivity index (χ1v) is 6.94. The lowest BCUT2D eigenvalue weighted by Crippen LogP contribution is -2.30. The number of allylic oxidation sites excluding steroid dienone is 1. The van der Waals surface area contributed by atoms with Gasteiger partial charge < -0.3 is 5.32 Å². The molecule has 0 saturated carbocycles. The molecule has 1 aliphatic heterocycles. The summed E-state index contributed by atoms with van der Waals surface area (Å²) in [7, 11) is 0. The van der Waals surface area contributed by atoms with E-state index in [1.165, 1.54) is 0 Å². The highest BCUT2D eigenvalue weighted by molar-refractivity contribution is 14.1. The van der Waals surface area contributed by atoms with Gasteiger partial charge in [0.1, 0.15) is 0 Å². The number of amides is 1. The first kappa shape index (κ1) is 13.3. The molecule has 0 spiro atoms. The summed E-state index contributed by atoms with van der Waals surface area (Å²) in [5.41, 5.74) is 0.547. The molecule has 1 N–H and O–H groups in total. The number of benzene rings is 1. The molecular formula is C14H15IN2O. The number of aliphatic imine (C=N–C) groups is 1. The summed E-state index contributed by atoms with van der Waals surface area (Å²) in [4.78, 5) is 16.2. The maximum atomic E-state index is 11.9. The van der Waals surface area contributed by atoms with Crippen molar-refractivity contribution in [1.82, 2.24) is 5.32 Å². The van der Waals surface area contributed by atoms with Gasteiger partial charge in [-0.15, -0.1) is 0 Å². The van der Waals surface area contributed by atoms with Gasteiger partial charge in [-0.1, -0.05) is 6.08 Å². The van der Waals surface area contributed by atoms with Gasteiger partial charge in [0, 0.05) is 21.9 Å². The van der Waals surface area contributed by atoms with Gasteiger partial charge in [-0.3, -0.25) is 9.79 Å². The van der Waals surface area contributed by atoms with E-state index in [9.17, 15) is 4.79 Å². The maximum Gasteiger partial charge on any atom is 0.251 e. The van der Waals surface area contributed by atoms with E-state index in [2.05, 4.69) is 45.9 Å². The van der Waals surface area contributed by atoms with Crippen LogP contribution in [0.3, 0.4) is 0 Å². The molecule has 18 heavy (non-hydrogen) atoms. The fraction of sp³-hybridized carbons (Fsp3) is 0.286. The second-order valence-electron chi connectivity index (χ2n) is 4.51. The summed E-state index contributed by atoms with van der Waals surface area (Å²) in [5, 5.41) is 2.92. The Bertz CT molecular complexity index is 479. The lowest BCUT2D eigenvalue weighted by atomic mass is 10.00. The van der Waals surface area contributed by atoms with Gasteiger partial charge >= 0.3 is 0 Å². The van der Waals surface area contributed by atoms with Crippen molar-refractivity contribution >= 4 is 34.7 Å². The predicted molar refractivity (Wildman–Crippen MR) is 82.1 cm³/mol. The van der Waals surface area contributed by atoms with Crippen LogP contribution in [0.25, 0.3) is 0 Å². The van der Waals surface area contributed by atoms with Crippen molar-refractivity contribution in [3.05, 3.63) is 45.6 Å². The van der Waals surface area contributed by atoms with E-state index < -0.39 is 0 Å². The molecule has 1 unspecified atom stereocenters. The summed E-state index contributed by atoms with van der Waals surface area (Å²) < 4.78 is 1.13. The van der Waals surface area contributed by atoms with Gasteiger partial charge in [-0.05, 0) is 66.3 Å². The zero-order chi connectivity index (χ0) is 13.0. The average molecular weight is 354 g/mol. The van der Waals surface area contributed by atoms with Gasteiger partial charge in [-0.2, -0.15) is 0 Å². The second kappa shape index (κ2) is 5.65. The minimum absolute atomic E-state index is 0.0269. The molecule has 2 rings (SSSR count). The van der Waals surface area contributed by atoms with E-state index in [-0.39, 0.29) is 11.4 Å². The molecule has 0 fully saturated rings. The van der Waals surface area contributed by atoms with E-state index in [0.717, 1.165) is 9.99 Å². The normalized spacial score (nSPS) is 21.2. The maximum absolute atomic E-state index is 11.9. The lowest BCUT2D eigenvalue weighted by Gasteiger charge is -2.18. The van der Waals surface area contributed by atoms with Gasteiger partial charge in [0.2, 0.25) is 0 Å². The quantitative estimate of drug-likeness (QED) is 0.831. The molecule has 1 heterocycles. The van der Waals surface area contributed by atoms with Crippen molar-refractivity contribution in [3.63, 3.8) is 0 Å². The van der Waals surface area contributed by atoms with Gasteiger partial charge in [-0.25, -0.2) is 0 Å². The molecule has 1 atom stereocenters. The molecule has 1 aromatic rings. The number of hydrogen-bond acceptors (Lipinski definition) is 2. The Morgan fingerprint density at radius 2 is 2.11 bits per heavy atom. The van der Waals surface area contributed by atoms with Crippen LogP contribution in [0.1, 0.15) is 23.7 Å². The molecule has 3 nitrogen and oxygen atoms in total. The predicted octanol–water partition coefficient (Wildman–Crippen LogP) is 2.81. The highest BCUT2D eigenvalue weighted by atomic mass is 127. The van der Waals surface area contributed by atoms with Crippen LogP contribution in [0.4, 0.5) is 0 Å². The van der Waals surface area contributed by atoms with Crippen LogP contribution in [0.2, 0.25) is 0 Å². The Balaban J connectivity index is 1.83. The molecule has 0 aromatic heterocycles. The SMILES string of the molecule is CC1(CCNC(=O)c2ccc(I)cc2)C=CC=N1. The number of hydrogen-bond donors (Lipinski definition) is 1. The zero-order valence-electron chi connectivity index (χ0n) is 10.2. The Morgan fingerprint density at radius 1 is 1.39 bits per heavy atom. The van der Waals surface area contributed by atoms with E-state index in [4.69, 9.17) is 0 Å². The summed E-state index contributed by atoms with van der Waals surface area (Å²) in [6.07, 6.45) is 6.63. The van der Waals surface area contributed by atoms with Crippen molar-refractivity contribution in [2.45, 2.75) is 18.9 Å². The van der Waals surface area contributed by atoms with Crippen LogP contribution in [0.5, 0.6) is 0 Å². The fourth-order valence-corrected chi connectivity index (χ4v) is 2.15. The second-order valence-corrected chi connectivity index (χ2v) is 5.75. The molecule has 0 radical (unpaired) electrons. The molecule has 1 aliphatic rings. The van der Waals surface area contributed by atoms with Crippen LogP contribution in [0.15, 0.2) is 41.4 Å². The van der Waals surface area contributed by atoms with E-state index in [0.29, 0.717) is 12.1 Å². The first-order chi connectivity index (χ1) is 8.59. The molecule has 0 saturated heterocycles. The monoisotopic (exact) mass is 354 g/mol. The zero-order valence-corrected chi connectivity index (χ0v) is 12.3. The molecule has 4 heteroatoms. The highest BCUT2D eigenvalue weighted by Gasteiger charge is 2.20. The Morgan fingerprint density at radius 3 is 2.72 bits per heavy atom. The summed E-state index contributed by atoms with van der Waals surface area (Å²) in [5.74, 6) is -0.0269. The molecule has 1 amide bonds. The first-order valence-electron chi connectivity index (χ1n) is 5.86. The van der Waals surface area contributed by atoms with Gasteiger partial charge in [0.15, 0.2) is 0 Å². The smallest absolute Gasteiger partial charge is 0.251 e. The Kier molecular flexibility index (Phi) is 4.16. The number of carbonyl (C=O) groups is 1.